The third-order valence-electron chi connectivity index (χ3n) is 4.27. The molecule has 0 radical (unpaired) electrons. The van der Waals surface area contributed by atoms with Gasteiger partial charge in [-0.25, -0.2) is 0 Å². The van der Waals surface area contributed by atoms with E-state index in [1.807, 2.05) is 0 Å². The SMILES string of the molecule is Cc1ccccc1NCCN1CC(C)Cc2ccccc21. The average Bonchev–Trinajstić information content (AvgIpc) is 2.49. The second-order valence-electron chi connectivity index (χ2n) is 6.13. The van der Waals surface area contributed by atoms with Crippen LogP contribution in [0.1, 0.15) is 18.1 Å². The lowest BCUT2D eigenvalue weighted by Crippen LogP contribution is -2.37. The van der Waals surface area contributed by atoms with Crippen LogP contribution in [0, 0.1) is 12.8 Å². The van der Waals surface area contributed by atoms with E-state index < -0.39 is 0 Å². The van der Waals surface area contributed by atoms with E-state index in [2.05, 4.69) is 72.6 Å². The largest absolute Gasteiger partial charge is 0.383 e. The third kappa shape index (κ3) is 3.21. The van der Waals surface area contributed by atoms with Crippen molar-refractivity contribution >= 4 is 11.4 Å². The number of aryl methyl sites for hydroxylation is 1. The third-order valence-corrected chi connectivity index (χ3v) is 4.27. The second kappa shape index (κ2) is 6.21. The van der Waals surface area contributed by atoms with Crippen LogP contribution in [0.5, 0.6) is 0 Å². The summed E-state index contributed by atoms with van der Waals surface area (Å²) in [6.07, 6.45) is 1.21. The summed E-state index contributed by atoms with van der Waals surface area (Å²) < 4.78 is 0. The highest BCUT2D eigenvalue weighted by molar-refractivity contribution is 5.56. The zero-order valence-electron chi connectivity index (χ0n) is 13.0. The Balaban J connectivity index is 1.65. The lowest BCUT2D eigenvalue weighted by atomic mass is 9.94. The van der Waals surface area contributed by atoms with E-state index in [1.165, 1.54) is 28.9 Å². The van der Waals surface area contributed by atoms with Gasteiger partial charge in [0.2, 0.25) is 0 Å². The maximum absolute atomic E-state index is 3.56. The summed E-state index contributed by atoms with van der Waals surface area (Å²) in [6, 6.07) is 17.3. The number of para-hydroxylation sites is 2. The number of nitrogens with one attached hydrogen (secondary N) is 1. The molecule has 0 spiro atoms. The van der Waals surface area contributed by atoms with Gasteiger partial charge in [-0.3, -0.25) is 0 Å². The van der Waals surface area contributed by atoms with Crippen LogP contribution in [0.3, 0.4) is 0 Å². The Hall–Kier alpha value is -1.96. The number of anilines is 2. The van der Waals surface area contributed by atoms with Gasteiger partial charge >= 0.3 is 0 Å². The smallest absolute Gasteiger partial charge is 0.0399 e. The van der Waals surface area contributed by atoms with Gasteiger partial charge < -0.3 is 10.2 Å². The van der Waals surface area contributed by atoms with E-state index >= 15 is 0 Å². The van der Waals surface area contributed by atoms with Crippen LogP contribution in [-0.2, 0) is 6.42 Å². The molecular weight excluding hydrogens is 256 g/mol. The molecule has 2 nitrogen and oxygen atoms in total. The second-order valence-corrected chi connectivity index (χ2v) is 6.13. The number of hydrogen-bond acceptors (Lipinski definition) is 2. The van der Waals surface area contributed by atoms with Crippen molar-refractivity contribution in [3.63, 3.8) is 0 Å². The molecule has 110 valence electrons. The highest BCUT2D eigenvalue weighted by Gasteiger charge is 2.20. The zero-order valence-corrected chi connectivity index (χ0v) is 13.0. The molecule has 0 aliphatic carbocycles. The minimum atomic E-state index is 0.735. The van der Waals surface area contributed by atoms with Crippen molar-refractivity contribution in [3.05, 3.63) is 59.7 Å². The summed E-state index contributed by atoms with van der Waals surface area (Å²) in [6.45, 7) is 7.69. The van der Waals surface area contributed by atoms with E-state index in [-0.39, 0.29) is 0 Å². The fourth-order valence-corrected chi connectivity index (χ4v) is 3.21. The number of hydrogen-bond donors (Lipinski definition) is 1. The molecule has 1 atom stereocenters. The lowest BCUT2D eigenvalue weighted by molar-refractivity contribution is 0.535. The summed E-state index contributed by atoms with van der Waals surface area (Å²) in [7, 11) is 0. The quantitative estimate of drug-likeness (QED) is 0.907. The molecule has 0 saturated carbocycles. The van der Waals surface area contributed by atoms with Gasteiger partial charge in [-0.1, -0.05) is 43.3 Å². The van der Waals surface area contributed by atoms with Gasteiger partial charge in [-0.15, -0.1) is 0 Å². The first-order chi connectivity index (χ1) is 10.2. The molecular formula is C19H24N2. The Morgan fingerprint density at radius 2 is 1.86 bits per heavy atom. The van der Waals surface area contributed by atoms with E-state index in [1.54, 1.807) is 0 Å². The van der Waals surface area contributed by atoms with Gasteiger partial charge in [0.25, 0.3) is 0 Å². The molecule has 2 aromatic carbocycles. The molecule has 21 heavy (non-hydrogen) atoms. The molecule has 2 heteroatoms. The van der Waals surface area contributed by atoms with Crippen LogP contribution in [-0.4, -0.2) is 19.6 Å². The molecule has 0 aromatic heterocycles. The topological polar surface area (TPSA) is 15.3 Å². The Morgan fingerprint density at radius 1 is 1.10 bits per heavy atom. The molecule has 1 aliphatic rings. The summed E-state index contributed by atoms with van der Waals surface area (Å²) >= 11 is 0. The van der Waals surface area contributed by atoms with Crippen molar-refractivity contribution in [2.24, 2.45) is 5.92 Å². The van der Waals surface area contributed by atoms with Crippen LogP contribution in [0.25, 0.3) is 0 Å². The van der Waals surface area contributed by atoms with Crippen molar-refractivity contribution in [1.82, 2.24) is 0 Å². The Labute approximate surface area is 127 Å². The van der Waals surface area contributed by atoms with Gasteiger partial charge in [-0.05, 0) is 42.5 Å². The van der Waals surface area contributed by atoms with E-state index in [0.717, 1.165) is 25.6 Å². The number of fused-ring (bicyclic) bond motifs is 1. The predicted molar refractivity (Wildman–Crippen MR) is 91.2 cm³/mol. The number of rotatable bonds is 4. The first kappa shape index (κ1) is 14.0. The maximum atomic E-state index is 3.56. The number of nitrogens with zero attached hydrogens (tertiary/aromatic N) is 1. The molecule has 0 bridgehead atoms. The van der Waals surface area contributed by atoms with Crippen LogP contribution < -0.4 is 10.2 Å². The predicted octanol–water partition coefficient (Wildman–Crippen LogP) is 4.11. The standard InChI is InChI=1S/C19H24N2/c1-15-13-17-8-4-6-10-19(17)21(14-15)12-11-20-18-9-5-3-7-16(18)2/h3-10,15,20H,11-14H2,1-2H3. The maximum Gasteiger partial charge on any atom is 0.0399 e. The Morgan fingerprint density at radius 3 is 2.71 bits per heavy atom. The summed E-state index contributed by atoms with van der Waals surface area (Å²) in [4.78, 5) is 2.52. The Kier molecular flexibility index (Phi) is 4.14. The van der Waals surface area contributed by atoms with Crippen LogP contribution in [0.2, 0.25) is 0 Å². The van der Waals surface area contributed by atoms with Gasteiger partial charge in [0.15, 0.2) is 0 Å². The van der Waals surface area contributed by atoms with Crippen LogP contribution >= 0.6 is 0 Å². The Bertz CT molecular complexity index is 606. The molecule has 1 aliphatic heterocycles. The monoisotopic (exact) mass is 280 g/mol. The van der Waals surface area contributed by atoms with Crippen molar-refractivity contribution in [3.8, 4) is 0 Å². The first-order valence-electron chi connectivity index (χ1n) is 7.86. The van der Waals surface area contributed by atoms with Crippen molar-refractivity contribution in [1.29, 1.82) is 0 Å². The van der Waals surface area contributed by atoms with Crippen molar-refractivity contribution < 1.29 is 0 Å². The first-order valence-corrected chi connectivity index (χ1v) is 7.86. The molecule has 2 aromatic rings. The van der Waals surface area contributed by atoms with Crippen molar-refractivity contribution in [2.45, 2.75) is 20.3 Å². The average molecular weight is 280 g/mol. The molecule has 0 saturated heterocycles. The molecule has 0 fully saturated rings. The van der Waals surface area contributed by atoms with Crippen molar-refractivity contribution in [2.75, 3.05) is 29.9 Å². The van der Waals surface area contributed by atoms with Gasteiger partial charge in [0.05, 0.1) is 0 Å². The highest BCUT2D eigenvalue weighted by Crippen LogP contribution is 2.29. The van der Waals surface area contributed by atoms with E-state index in [0.29, 0.717) is 0 Å². The van der Waals surface area contributed by atoms with Gasteiger partial charge in [0, 0.05) is 31.0 Å². The minimum Gasteiger partial charge on any atom is -0.383 e. The van der Waals surface area contributed by atoms with Crippen LogP contribution in [0.15, 0.2) is 48.5 Å². The summed E-state index contributed by atoms with van der Waals surface area (Å²) in [5, 5.41) is 3.56. The number of benzene rings is 2. The fraction of sp³-hybridized carbons (Fsp3) is 0.368. The molecule has 0 amide bonds. The van der Waals surface area contributed by atoms with Gasteiger partial charge in [-0.2, -0.15) is 0 Å². The van der Waals surface area contributed by atoms with E-state index in [9.17, 15) is 0 Å². The molecule has 1 N–H and O–H groups in total. The normalized spacial score (nSPS) is 17.4. The molecule has 1 unspecified atom stereocenters. The summed E-state index contributed by atoms with van der Waals surface area (Å²) in [5.74, 6) is 0.735. The highest BCUT2D eigenvalue weighted by atomic mass is 15.2. The van der Waals surface area contributed by atoms with Gasteiger partial charge in [0.1, 0.15) is 0 Å². The lowest BCUT2D eigenvalue weighted by Gasteiger charge is -2.35. The fourth-order valence-electron chi connectivity index (χ4n) is 3.21. The van der Waals surface area contributed by atoms with E-state index in [4.69, 9.17) is 0 Å². The summed E-state index contributed by atoms with van der Waals surface area (Å²) in [5.41, 5.74) is 5.47. The minimum absolute atomic E-state index is 0.735. The zero-order chi connectivity index (χ0) is 14.7. The van der Waals surface area contributed by atoms with Crippen LogP contribution in [0.4, 0.5) is 11.4 Å². The molecule has 1 heterocycles. The molecule has 3 rings (SSSR count).